The molecule has 0 aliphatic rings. The van der Waals surface area contributed by atoms with Gasteiger partial charge in [0.1, 0.15) is 0 Å². The average Bonchev–Trinajstić information content (AvgIpc) is 3.14. The van der Waals surface area contributed by atoms with Crippen LogP contribution in [-0.2, 0) is 4.79 Å². The second-order valence-electron chi connectivity index (χ2n) is 7.00. The van der Waals surface area contributed by atoms with Crippen LogP contribution in [0.1, 0.15) is 30.4 Å². The van der Waals surface area contributed by atoms with E-state index in [1.54, 1.807) is 10.6 Å². The van der Waals surface area contributed by atoms with Crippen molar-refractivity contribution in [3.63, 3.8) is 0 Å². The molecule has 0 bridgehead atoms. The van der Waals surface area contributed by atoms with Crippen LogP contribution in [0.3, 0.4) is 0 Å². The van der Waals surface area contributed by atoms with Crippen LogP contribution in [0, 0.1) is 12.7 Å². The average molecular weight is 388 g/mol. The van der Waals surface area contributed by atoms with Crippen LogP contribution in [-0.4, -0.2) is 20.3 Å². The van der Waals surface area contributed by atoms with Crippen LogP contribution in [0.5, 0.6) is 0 Å². The lowest BCUT2D eigenvalue weighted by Crippen LogP contribution is -2.21. The van der Waals surface area contributed by atoms with Gasteiger partial charge in [-0.15, -0.1) is 0 Å². The molecule has 1 amide bonds. The summed E-state index contributed by atoms with van der Waals surface area (Å²) in [5, 5.41) is 3.06. The van der Waals surface area contributed by atoms with Crippen LogP contribution in [0.2, 0.25) is 0 Å². The number of fused-ring (bicyclic) bond motifs is 1. The van der Waals surface area contributed by atoms with Crippen molar-refractivity contribution in [3.05, 3.63) is 84.1 Å². The molecule has 0 aliphatic heterocycles. The Hall–Kier alpha value is -3.54. The van der Waals surface area contributed by atoms with Gasteiger partial charge in [-0.25, -0.2) is 14.4 Å². The molecular formula is C23H21FN4O. The lowest BCUT2D eigenvalue weighted by Gasteiger charge is -2.17. The Balaban J connectivity index is 1.63. The van der Waals surface area contributed by atoms with Gasteiger partial charge in [0.2, 0.25) is 11.7 Å². The quantitative estimate of drug-likeness (QED) is 0.525. The molecule has 2 heterocycles. The fraction of sp³-hybridized carbons (Fsp3) is 0.174. The SMILES string of the molecule is CCC(C(=O)Nc1cc(-c2cn3cc(F)cnc3n2)ccc1C)c1ccccc1. The normalized spacial score (nSPS) is 12.1. The van der Waals surface area contributed by atoms with E-state index in [4.69, 9.17) is 0 Å². The molecule has 0 spiro atoms. The predicted octanol–water partition coefficient (Wildman–Crippen LogP) is 4.98. The molecule has 2 aromatic carbocycles. The summed E-state index contributed by atoms with van der Waals surface area (Å²) in [7, 11) is 0. The monoisotopic (exact) mass is 388 g/mol. The number of rotatable bonds is 5. The van der Waals surface area contributed by atoms with Crippen molar-refractivity contribution in [1.29, 1.82) is 0 Å². The molecule has 0 saturated carbocycles. The van der Waals surface area contributed by atoms with Crippen molar-refractivity contribution in [1.82, 2.24) is 14.4 Å². The highest BCUT2D eigenvalue weighted by Crippen LogP contribution is 2.27. The lowest BCUT2D eigenvalue weighted by molar-refractivity contribution is -0.117. The lowest BCUT2D eigenvalue weighted by atomic mass is 9.95. The van der Waals surface area contributed by atoms with Crippen LogP contribution < -0.4 is 5.32 Å². The smallest absolute Gasteiger partial charge is 0.234 e. The van der Waals surface area contributed by atoms with Gasteiger partial charge in [-0.05, 0) is 30.5 Å². The molecule has 146 valence electrons. The van der Waals surface area contributed by atoms with Crippen LogP contribution in [0.15, 0.2) is 67.1 Å². The molecule has 0 fully saturated rings. The molecule has 4 rings (SSSR count). The Morgan fingerprint density at radius 1 is 1.17 bits per heavy atom. The molecule has 1 unspecified atom stereocenters. The minimum atomic E-state index is -0.426. The van der Waals surface area contributed by atoms with E-state index in [0.717, 1.165) is 28.6 Å². The van der Waals surface area contributed by atoms with E-state index in [0.29, 0.717) is 17.9 Å². The third-order valence-corrected chi connectivity index (χ3v) is 5.00. The first-order valence-electron chi connectivity index (χ1n) is 9.52. The number of nitrogens with zero attached hydrogens (tertiary/aromatic N) is 3. The number of hydrogen-bond acceptors (Lipinski definition) is 3. The van der Waals surface area contributed by atoms with E-state index in [1.807, 2.05) is 62.4 Å². The van der Waals surface area contributed by atoms with E-state index in [9.17, 15) is 9.18 Å². The number of halogens is 1. The Labute approximate surface area is 168 Å². The zero-order valence-corrected chi connectivity index (χ0v) is 16.3. The number of benzene rings is 2. The molecule has 6 heteroatoms. The zero-order chi connectivity index (χ0) is 20.4. The fourth-order valence-electron chi connectivity index (χ4n) is 3.39. The highest BCUT2D eigenvalue weighted by molar-refractivity contribution is 5.97. The summed E-state index contributed by atoms with van der Waals surface area (Å²) < 4.78 is 14.9. The maximum Gasteiger partial charge on any atom is 0.234 e. The molecule has 1 atom stereocenters. The van der Waals surface area contributed by atoms with E-state index in [2.05, 4.69) is 15.3 Å². The molecule has 2 aromatic heterocycles. The van der Waals surface area contributed by atoms with Gasteiger partial charge in [0.25, 0.3) is 0 Å². The number of amides is 1. The largest absolute Gasteiger partial charge is 0.325 e. The van der Waals surface area contributed by atoms with Crippen molar-refractivity contribution >= 4 is 17.4 Å². The van der Waals surface area contributed by atoms with Crippen molar-refractivity contribution in [2.45, 2.75) is 26.2 Å². The summed E-state index contributed by atoms with van der Waals surface area (Å²) in [5.41, 5.74) is 4.17. The van der Waals surface area contributed by atoms with Crippen molar-refractivity contribution in [2.75, 3.05) is 5.32 Å². The molecule has 0 radical (unpaired) electrons. The summed E-state index contributed by atoms with van der Waals surface area (Å²) in [5.74, 6) is -0.271. The topological polar surface area (TPSA) is 59.3 Å². The van der Waals surface area contributed by atoms with Crippen LogP contribution in [0.25, 0.3) is 17.0 Å². The minimum absolute atomic E-state index is 0.0438. The van der Waals surface area contributed by atoms with Gasteiger partial charge in [0.05, 0.1) is 17.8 Å². The number of aromatic nitrogens is 3. The first kappa shape index (κ1) is 18.8. The molecule has 0 saturated heterocycles. The Morgan fingerprint density at radius 3 is 2.72 bits per heavy atom. The van der Waals surface area contributed by atoms with Crippen molar-refractivity contribution in [3.8, 4) is 11.3 Å². The Morgan fingerprint density at radius 2 is 1.97 bits per heavy atom. The summed E-state index contributed by atoms with van der Waals surface area (Å²) in [4.78, 5) is 21.4. The van der Waals surface area contributed by atoms with Gasteiger partial charge in [0, 0.05) is 23.6 Å². The number of carbonyl (C=O) groups excluding carboxylic acids is 1. The maximum atomic E-state index is 13.4. The van der Waals surface area contributed by atoms with Gasteiger partial charge in [-0.3, -0.25) is 9.20 Å². The van der Waals surface area contributed by atoms with Gasteiger partial charge in [-0.2, -0.15) is 0 Å². The standard InChI is InChI=1S/C23H21FN4O/c1-3-19(16-7-5-4-6-8-16)22(29)26-20-11-17(10-9-15(20)2)21-14-28-13-18(24)12-25-23(28)27-21/h4-14,19H,3H2,1-2H3,(H,26,29). The van der Waals surface area contributed by atoms with E-state index in [1.165, 1.54) is 6.20 Å². The number of aryl methyl sites for hydroxylation is 1. The molecule has 1 N–H and O–H groups in total. The molecule has 29 heavy (non-hydrogen) atoms. The van der Waals surface area contributed by atoms with Gasteiger partial charge in [0.15, 0.2) is 5.82 Å². The first-order chi connectivity index (χ1) is 14.0. The Bertz CT molecular complexity index is 1170. The molecular weight excluding hydrogens is 367 g/mol. The number of carbonyl (C=O) groups is 1. The second-order valence-corrected chi connectivity index (χ2v) is 7.00. The highest BCUT2D eigenvalue weighted by atomic mass is 19.1. The summed E-state index contributed by atoms with van der Waals surface area (Å²) in [6, 6.07) is 15.5. The van der Waals surface area contributed by atoms with E-state index in [-0.39, 0.29) is 11.8 Å². The molecule has 5 nitrogen and oxygen atoms in total. The third kappa shape index (κ3) is 3.87. The molecule has 0 aliphatic carbocycles. The van der Waals surface area contributed by atoms with E-state index < -0.39 is 5.82 Å². The van der Waals surface area contributed by atoms with Gasteiger partial charge < -0.3 is 5.32 Å². The van der Waals surface area contributed by atoms with Crippen molar-refractivity contribution in [2.24, 2.45) is 0 Å². The van der Waals surface area contributed by atoms with Crippen LogP contribution in [0.4, 0.5) is 10.1 Å². The fourth-order valence-corrected chi connectivity index (χ4v) is 3.39. The number of hydrogen-bond donors (Lipinski definition) is 1. The summed E-state index contributed by atoms with van der Waals surface area (Å²) in [6.45, 7) is 3.95. The number of nitrogens with one attached hydrogen (secondary N) is 1. The second kappa shape index (κ2) is 7.83. The maximum absolute atomic E-state index is 13.4. The zero-order valence-electron chi connectivity index (χ0n) is 16.3. The summed E-state index contributed by atoms with van der Waals surface area (Å²) in [6.07, 6.45) is 4.90. The van der Waals surface area contributed by atoms with E-state index >= 15 is 0 Å². The third-order valence-electron chi connectivity index (χ3n) is 5.00. The summed E-state index contributed by atoms with van der Waals surface area (Å²) >= 11 is 0. The number of imidazole rings is 1. The predicted molar refractivity (Wildman–Crippen MR) is 111 cm³/mol. The van der Waals surface area contributed by atoms with Crippen molar-refractivity contribution < 1.29 is 9.18 Å². The highest BCUT2D eigenvalue weighted by Gasteiger charge is 2.19. The van der Waals surface area contributed by atoms with Gasteiger partial charge in [-0.1, -0.05) is 49.4 Å². The first-order valence-corrected chi connectivity index (χ1v) is 9.52. The Kier molecular flexibility index (Phi) is 5.08. The van der Waals surface area contributed by atoms with Crippen LogP contribution >= 0.6 is 0 Å². The minimum Gasteiger partial charge on any atom is -0.325 e. The van der Waals surface area contributed by atoms with Gasteiger partial charge >= 0.3 is 0 Å². The number of anilines is 1. The molecule has 4 aromatic rings.